The topological polar surface area (TPSA) is 41.1 Å². The van der Waals surface area contributed by atoms with Crippen LogP contribution in [0, 0.1) is 6.92 Å². The SMILES string of the molecule is CCC(NC(=O)CCCNC)c1ccc(C)cc1.Cl. The van der Waals surface area contributed by atoms with Crippen LogP contribution in [0.4, 0.5) is 0 Å². The third kappa shape index (κ3) is 6.60. The van der Waals surface area contributed by atoms with Gasteiger partial charge in [-0.3, -0.25) is 4.79 Å². The molecule has 0 aliphatic carbocycles. The van der Waals surface area contributed by atoms with E-state index in [-0.39, 0.29) is 24.4 Å². The number of halogens is 1. The molecule has 1 rings (SSSR count). The van der Waals surface area contributed by atoms with Crippen molar-refractivity contribution in [2.75, 3.05) is 13.6 Å². The van der Waals surface area contributed by atoms with E-state index in [0.717, 1.165) is 19.4 Å². The van der Waals surface area contributed by atoms with Crippen LogP contribution in [0.2, 0.25) is 0 Å². The van der Waals surface area contributed by atoms with E-state index >= 15 is 0 Å². The van der Waals surface area contributed by atoms with Crippen molar-refractivity contribution in [1.29, 1.82) is 0 Å². The van der Waals surface area contributed by atoms with Gasteiger partial charge in [0.2, 0.25) is 5.91 Å². The first-order chi connectivity index (χ1) is 8.67. The van der Waals surface area contributed by atoms with Crippen molar-refractivity contribution in [2.45, 2.75) is 39.2 Å². The number of benzene rings is 1. The normalized spacial score (nSPS) is 11.5. The predicted octanol–water partition coefficient (Wildman–Crippen LogP) is 2.98. The van der Waals surface area contributed by atoms with Crippen molar-refractivity contribution in [2.24, 2.45) is 0 Å². The smallest absolute Gasteiger partial charge is 0.220 e. The van der Waals surface area contributed by atoms with E-state index in [2.05, 4.69) is 48.7 Å². The van der Waals surface area contributed by atoms with E-state index in [1.165, 1.54) is 11.1 Å². The fourth-order valence-electron chi connectivity index (χ4n) is 1.91. The Bertz CT molecular complexity index is 365. The second-order valence-corrected chi connectivity index (χ2v) is 4.65. The summed E-state index contributed by atoms with van der Waals surface area (Å²) in [6, 6.07) is 8.50. The lowest BCUT2D eigenvalue weighted by atomic mass is 10.0. The first-order valence-electron chi connectivity index (χ1n) is 6.68. The maximum absolute atomic E-state index is 11.8. The Kier molecular flexibility index (Phi) is 9.27. The molecule has 0 spiro atoms. The number of hydrogen-bond donors (Lipinski definition) is 2. The lowest BCUT2D eigenvalue weighted by Gasteiger charge is -2.17. The lowest BCUT2D eigenvalue weighted by molar-refractivity contribution is -0.121. The maximum Gasteiger partial charge on any atom is 0.220 e. The van der Waals surface area contributed by atoms with Crippen molar-refractivity contribution in [3.8, 4) is 0 Å². The minimum absolute atomic E-state index is 0. The Morgan fingerprint density at radius 1 is 1.26 bits per heavy atom. The van der Waals surface area contributed by atoms with Gasteiger partial charge in [-0.25, -0.2) is 0 Å². The summed E-state index contributed by atoms with van der Waals surface area (Å²) in [5, 5.41) is 6.14. The molecule has 0 saturated carbocycles. The van der Waals surface area contributed by atoms with Gasteiger partial charge in [-0.2, -0.15) is 0 Å². The van der Waals surface area contributed by atoms with Crippen molar-refractivity contribution in [1.82, 2.24) is 10.6 Å². The zero-order valence-corrected chi connectivity index (χ0v) is 12.8. The van der Waals surface area contributed by atoms with E-state index in [0.29, 0.717) is 6.42 Å². The molecule has 108 valence electrons. The molecule has 0 bridgehead atoms. The molecular weight excluding hydrogens is 260 g/mol. The highest BCUT2D eigenvalue weighted by molar-refractivity contribution is 5.85. The van der Waals surface area contributed by atoms with Crippen molar-refractivity contribution in [3.05, 3.63) is 35.4 Å². The summed E-state index contributed by atoms with van der Waals surface area (Å²) in [5.74, 6) is 0.137. The second-order valence-electron chi connectivity index (χ2n) is 4.65. The molecule has 1 amide bonds. The molecule has 1 unspecified atom stereocenters. The summed E-state index contributed by atoms with van der Waals surface area (Å²) in [4.78, 5) is 11.8. The summed E-state index contributed by atoms with van der Waals surface area (Å²) < 4.78 is 0. The molecular formula is C15H25ClN2O. The third-order valence-corrected chi connectivity index (χ3v) is 3.05. The molecule has 3 nitrogen and oxygen atoms in total. The number of aryl methyl sites for hydroxylation is 1. The van der Waals surface area contributed by atoms with Crippen LogP contribution in [-0.2, 0) is 4.79 Å². The average Bonchev–Trinajstić information content (AvgIpc) is 2.37. The van der Waals surface area contributed by atoms with Crippen LogP contribution in [0.15, 0.2) is 24.3 Å². The number of carbonyl (C=O) groups excluding carboxylic acids is 1. The largest absolute Gasteiger partial charge is 0.349 e. The molecule has 1 atom stereocenters. The monoisotopic (exact) mass is 284 g/mol. The Morgan fingerprint density at radius 3 is 2.42 bits per heavy atom. The van der Waals surface area contributed by atoms with Gasteiger partial charge in [0.1, 0.15) is 0 Å². The molecule has 0 aliphatic heterocycles. The van der Waals surface area contributed by atoms with Crippen LogP contribution in [0.3, 0.4) is 0 Å². The van der Waals surface area contributed by atoms with Crippen molar-refractivity contribution >= 4 is 18.3 Å². The van der Waals surface area contributed by atoms with Gasteiger partial charge in [0.05, 0.1) is 6.04 Å². The Balaban J connectivity index is 0.00000324. The Morgan fingerprint density at radius 2 is 1.89 bits per heavy atom. The first-order valence-corrected chi connectivity index (χ1v) is 6.68. The number of rotatable bonds is 7. The highest BCUT2D eigenvalue weighted by atomic mass is 35.5. The lowest BCUT2D eigenvalue weighted by Crippen LogP contribution is -2.28. The van der Waals surface area contributed by atoms with Gasteiger partial charge < -0.3 is 10.6 Å². The number of amides is 1. The second kappa shape index (κ2) is 9.82. The van der Waals surface area contributed by atoms with Gasteiger partial charge in [-0.15, -0.1) is 12.4 Å². The number of hydrogen-bond acceptors (Lipinski definition) is 2. The van der Waals surface area contributed by atoms with E-state index in [1.807, 2.05) is 7.05 Å². The van der Waals surface area contributed by atoms with E-state index in [9.17, 15) is 4.79 Å². The fraction of sp³-hybridized carbons (Fsp3) is 0.533. The number of carbonyl (C=O) groups is 1. The molecule has 1 aromatic rings. The maximum atomic E-state index is 11.8. The van der Waals surface area contributed by atoms with Crippen molar-refractivity contribution in [3.63, 3.8) is 0 Å². The third-order valence-electron chi connectivity index (χ3n) is 3.05. The predicted molar refractivity (Wildman–Crippen MR) is 82.8 cm³/mol. The van der Waals surface area contributed by atoms with Crippen LogP contribution in [-0.4, -0.2) is 19.5 Å². The molecule has 19 heavy (non-hydrogen) atoms. The van der Waals surface area contributed by atoms with Crippen LogP contribution >= 0.6 is 12.4 Å². The molecule has 0 saturated heterocycles. The summed E-state index contributed by atoms with van der Waals surface area (Å²) in [5.41, 5.74) is 2.43. The Hall–Kier alpha value is -1.06. The van der Waals surface area contributed by atoms with E-state index in [1.54, 1.807) is 0 Å². The number of nitrogens with one attached hydrogen (secondary N) is 2. The van der Waals surface area contributed by atoms with Crippen LogP contribution in [0.25, 0.3) is 0 Å². The van der Waals surface area contributed by atoms with Gasteiger partial charge in [0, 0.05) is 6.42 Å². The molecule has 1 aromatic carbocycles. The highest BCUT2D eigenvalue weighted by Crippen LogP contribution is 2.17. The van der Waals surface area contributed by atoms with Crippen LogP contribution in [0.1, 0.15) is 43.4 Å². The van der Waals surface area contributed by atoms with Gasteiger partial charge in [-0.05, 0) is 38.9 Å². The standard InChI is InChI=1S/C15H24N2O.ClH/c1-4-14(13-9-7-12(2)8-10-13)17-15(18)6-5-11-16-3;/h7-10,14,16H,4-6,11H2,1-3H3,(H,17,18);1H. The molecule has 2 N–H and O–H groups in total. The highest BCUT2D eigenvalue weighted by Gasteiger charge is 2.11. The van der Waals surface area contributed by atoms with E-state index < -0.39 is 0 Å². The molecule has 0 fully saturated rings. The van der Waals surface area contributed by atoms with Gasteiger partial charge in [-0.1, -0.05) is 36.8 Å². The zero-order chi connectivity index (χ0) is 13.4. The summed E-state index contributed by atoms with van der Waals surface area (Å²) in [7, 11) is 1.90. The van der Waals surface area contributed by atoms with Crippen molar-refractivity contribution < 1.29 is 4.79 Å². The average molecular weight is 285 g/mol. The van der Waals surface area contributed by atoms with Gasteiger partial charge >= 0.3 is 0 Å². The molecule has 0 heterocycles. The fourth-order valence-corrected chi connectivity index (χ4v) is 1.91. The van der Waals surface area contributed by atoms with Crippen LogP contribution < -0.4 is 10.6 Å². The summed E-state index contributed by atoms with van der Waals surface area (Å²) in [6.45, 7) is 5.05. The summed E-state index contributed by atoms with van der Waals surface area (Å²) in [6.07, 6.45) is 2.39. The molecule has 4 heteroatoms. The summed E-state index contributed by atoms with van der Waals surface area (Å²) >= 11 is 0. The molecule has 0 aliphatic rings. The quantitative estimate of drug-likeness (QED) is 0.756. The minimum atomic E-state index is 0. The molecule has 0 radical (unpaired) electrons. The van der Waals surface area contributed by atoms with Crippen LogP contribution in [0.5, 0.6) is 0 Å². The first kappa shape index (κ1) is 17.9. The minimum Gasteiger partial charge on any atom is -0.349 e. The van der Waals surface area contributed by atoms with Gasteiger partial charge in [0.25, 0.3) is 0 Å². The van der Waals surface area contributed by atoms with Gasteiger partial charge in [0.15, 0.2) is 0 Å². The molecule has 0 aromatic heterocycles. The Labute approximate surface area is 122 Å². The zero-order valence-electron chi connectivity index (χ0n) is 12.0. The van der Waals surface area contributed by atoms with E-state index in [4.69, 9.17) is 0 Å².